The third kappa shape index (κ3) is 6.34. The van der Waals surface area contributed by atoms with E-state index in [1.165, 1.54) is 16.7 Å². The summed E-state index contributed by atoms with van der Waals surface area (Å²) < 4.78 is 16.4. The van der Waals surface area contributed by atoms with Crippen LogP contribution in [0.5, 0.6) is 11.5 Å². The molecular formula is C28H25ClN2O5S. The quantitative estimate of drug-likeness (QED) is 0.247. The maximum absolute atomic E-state index is 12.9. The van der Waals surface area contributed by atoms with Crippen molar-refractivity contribution >= 4 is 52.2 Å². The number of esters is 1. The standard InChI is InChI=1S/C28H25ClN2O5S/c1-4-35-27(33)19-10-12-21(13-11-19)30-28-31(2)26(32)25(37-28)16-18-9-14-23(24(15-18)34-3)36-17-20-7-5-6-8-22(20)29/h5-16H,4,17H2,1-3H3. The average Bonchev–Trinajstić information content (AvgIpc) is 3.16. The summed E-state index contributed by atoms with van der Waals surface area (Å²) in [7, 11) is 3.24. The Kier molecular flexibility index (Phi) is 8.53. The topological polar surface area (TPSA) is 77.4 Å². The molecule has 1 aliphatic heterocycles. The number of methoxy groups -OCH3 is 1. The number of halogens is 1. The Bertz CT molecular complexity index is 1370. The van der Waals surface area contributed by atoms with Crippen molar-refractivity contribution in [3.8, 4) is 11.5 Å². The van der Waals surface area contributed by atoms with Crippen LogP contribution >= 0.6 is 23.4 Å². The first-order valence-corrected chi connectivity index (χ1v) is 12.7. The average molecular weight is 537 g/mol. The van der Waals surface area contributed by atoms with Gasteiger partial charge in [0, 0.05) is 17.6 Å². The Labute approximate surface area is 224 Å². The van der Waals surface area contributed by atoms with Crippen LogP contribution < -0.4 is 9.47 Å². The van der Waals surface area contributed by atoms with Crippen LogP contribution in [0.25, 0.3) is 6.08 Å². The van der Waals surface area contributed by atoms with Gasteiger partial charge in [-0.15, -0.1) is 0 Å². The van der Waals surface area contributed by atoms with Gasteiger partial charge >= 0.3 is 5.97 Å². The van der Waals surface area contributed by atoms with Gasteiger partial charge in [-0.1, -0.05) is 35.9 Å². The Morgan fingerprint density at radius 2 is 1.84 bits per heavy atom. The fraction of sp³-hybridized carbons (Fsp3) is 0.179. The first-order chi connectivity index (χ1) is 17.9. The van der Waals surface area contributed by atoms with Crippen molar-refractivity contribution in [2.75, 3.05) is 20.8 Å². The van der Waals surface area contributed by atoms with Crippen LogP contribution in [0.2, 0.25) is 5.02 Å². The number of thioether (sulfide) groups is 1. The Hall–Kier alpha value is -3.75. The van der Waals surface area contributed by atoms with E-state index >= 15 is 0 Å². The van der Waals surface area contributed by atoms with E-state index in [9.17, 15) is 9.59 Å². The molecule has 9 heteroatoms. The van der Waals surface area contributed by atoms with E-state index in [2.05, 4.69) is 4.99 Å². The van der Waals surface area contributed by atoms with Crippen LogP contribution in [0.1, 0.15) is 28.4 Å². The fourth-order valence-electron chi connectivity index (χ4n) is 3.46. The summed E-state index contributed by atoms with van der Waals surface area (Å²) in [5.74, 6) is 0.566. The number of hydrogen-bond donors (Lipinski definition) is 0. The second-order valence-corrected chi connectivity index (χ2v) is 9.34. The molecule has 0 spiro atoms. The monoisotopic (exact) mass is 536 g/mol. The van der Waals surface area contributed by atoms with Gasteiger partial charge in [-0.25, -0.2) is 9.79 Å². The van der Waals surface area contributed by atoms with Gasteiger partial charge in [0.05, 0.1) is 29.9 Å². The number of carbonyl (C=O) groups excluding carboxylic acids is 2. The third-order valence-electron chi connectivity index (χ3n) is 5.43. The number of amidine groups is 1. The second-order valence-electron chi connectivity index (χ2n) is 7.93. The first-order valence-electron chi connectivity index (χ1n) is 11.5. The zero-order chi connectivity index (χ0) is 26.4. The molecule has 3 aromatic rings. The Morgan fingerprint density at radius 3 is 2.54 bits per heavy atom. The molecule has 7 nitrogen and oxygen atoms in total. The Balaban J connectivity index is 1.49. The summed E-state index contributed by atoms with van der Waals surface area (Å²) in [6.07, 6.45) is 1.79. The highest BCUT2D eigenvalue weighted by Gasteiger charge is 2.30. The Morgan fingerprint density at radius 1 is 1.08 bits per heavy atom. The molecule has 1 amide bonds. The molecule has 37 heavy (non-hydrogen) atoms. The number of rotatable bonds is 8. The van der Waals surface area contributed by atoms with Gasteiger partial charge in [-0.2, -0.15) is 0 Å². The second kappa shape index (κ2) is 12.0. The highest BCUT2D eigenvalue weighted by atomic mass is 35.5. The van der Waals surface area contributed by atoms with E-state index in [0.717, 1.165) is 11.1 Å². The van der Waals surface area contributed by atoms with Crippen molar-refractivity contribution in [2.45, 2.75) is 13.5 Å². The van der Waals surface area contributed by atoms with Gasteiger partial charge in [0.1, 0.15) is 6.61 Å². The molecule has 0 radical (unpaired) electrons. The highest BCUT2D eigenvalue weighted by Crippen LogP contribution is 2.35. The zero-order valence-corrected chi connectivity index (χ0v) is 22.1. The summed E-state index contributed by atoms with van der Waals surface area (Å²) in [5.41, 5.74) is 2.73. The number of ether oxygens (including phenoxy) is 3. The third-order valence-corrected chi connectivity index (χ3v) is 6.86. The van der Waals surface area contributed by atoms with Gasteiger partial charge in [0.25, 0.3) is 5.91 Å². The number of likely N-dealkylation sites (N-methyl/N-ethyl adjacent to an activating group) is 1. The van der Waals surface area contributed by atoms with Gasteiger partial charge in [-0.05, 0) is 72.8 Å². The first kappa shape index (κ1) is 26.3. The van der Waals surface area contributed by atoms with Crippen LogP contribution in [0.3, 0.4) is 0 Å². The van der Waals surface area contributed by atoms with E-state index in [0.29, 0.717) is 51.1 Å². The zero-order valence-electron chi connectivity index (χ0n) is 20.6. The largest absolute Gasteiger partial charge is 0.493 e. The summed E-state index contributed by atoms with van der Waals surface area (Å²) >= 11 is 7.49. The lowest BCUT2D eigenvalue weighted by Crippen LogP contribution is -2.23. The molecule has 0 saturated carbocycles. The minimum Gasteiger partial charge on any atom is -0.493 e. The molecule has 0 bridgehead atoms. The molecule has 190 valence electrons. The number of benzene rings is 3. The molecule has 0 atom stereocenters. The molecule has 1 fully saturated rings. The number of nitrogens with zero attached hydrogens (tertiary/aromatic N) is 2. The van der Waals surface area contributed by atoms with E-state index in [4.69, 9.17) is 25.8 Å². The van der Waals surface area contributed by atoms with Crippen LogP contribution in [0.15, 0.2) is 76.6 Å². The lowest BCUT2D eigenvalue weighted by molar-refractivity contribution is -0.121. The molecule has 1 heterocycles. The van der Waals surface area contributed by atoms with Gasteiger partial charge < -0.3 is 14.2 Å². The van der Waals surface area contributed by atoms with Crippen molar-refractivity contribution in [3.63, 3.8) is 0 Å². The van der Waals surface area contributed by atoms with E-state index in [1.807, 2.05) is 36.4 Å². The van der Waals surface area contributed by atoms with Crippen molar-refractivity contribution in [1.82, 2.24) is 4.90 Å². The number of hydrogen-bond acceptors (Lipinski definition) is 7. The predicted octanol–water partition coefficient (Wildman–Crippen LogP) is 6.34. The number of carbonyl (C=O) groups is 2. The van der Waals surface area contributed by atoms with Gasteiger partial charge in [-0.3, -0.25) is 9.69 Å². The minimum atomic E-state index is -0.384. The lowest BCUT2D eigenvalue weighted by Gasteiger charge is -2.12. The molecule has 0 N–H and O–H groups in total. The number of aliphatic imine (C=N–C) groups is 1. The van der Waals surface area contributed by atoms with Crippen LogP contribution in [-0.2, 0) is 16.1 Å². The normalized spacial score (nSPS) is 15.4. The molecule has 0 unspecified atom stereocenters. The molecule has 1 aliphatic rings. The van der Waals surface area contributed by atoms with Crippen LogP contribution in [-0.4, -0.2) is 42.7 Å². The number of amides is 1. The van der Waals surface area contributed by atoms with Gasteiger partial charge in [0.2, 0.25) is 0 Å². The molecule has 0 aromatic heterocycles. The molecular weight excluding hydrogens is 512 g/mol. The summed E-state index contributed by atoms with van der Waals surface area (Å²) in [4.78, 5) is 31.3. The van der Waals surface area contributed by atoms with E-state index in [-0.39, 0.29) is 11.9 Å². The summed E-state index contributed by atoms with van der Waals surface area (Å²) in [5, 5.41) is 1.17. The van der Waals surface area contributed by atoms with Gasteiger partial charge in [0.15, 0.2) is 16.7 Å². The van der Waals surface area contributed by atoms with E-state index < -0.39 is 0 Å². The molecule has 3 aromatic carbocycles. The maximum atomic E-state index is 12.9. The van der Waals surface area contributed by atoms with Crippen LogP contribution in [0.4, 0.5) is 5.69 Å². The summed E-state index contributed by atoms with van der Waals surface area (Å²) in [6.45, 7) is 2.37. The van der Waals surface area contributed by atoms with Crippen molar-refractivity contribution in [3.05, 3.63) is 93.3 Å². The fourth-order valence-corrected chi connectivity index (χ4v) is 4.64. The van der Waals surface area contributed by atoms with Crippen LogP contribution in [0, 0.1) is 0 Å². The lowest BCUT2D eigenvalue weighted by atomic mass is 10.2. The highest BCUT2D eigenvalue weighted by molar-refractivity contribution is 8.18. The maximum Gasteiger partial charge on any atom is 0.338 e. The minimum absolute atomic E-state index is 0.162. The van der Waals surface area contributed by atoms with Crippen molar-refractivity contribution in [2.24, 2.45) is 4.99 Å². The predicted molar refractivity (Wildman–Crippen MR) is 147 cm³/mol. The molecule has 1 saturated heterocycles. The molecule has 4 rings (SSSR count). The SMILES string of the molecule is CCOC(=O)c1ccc(N=C2SC(=Cc3ccc(OCc4ccccc4Cl)c(OC)c3)C(=O)N2C)cc1. The summed E-state index contributed by atoms with van der Waals surface area (Å²) in [6, 6.07) is 19.7. The van der Waals surface area contributed by atoms with E-state index in [1.54, 1.807) is 57.5 Å². The smallest absolute Gasteiger partial charge is 0.338 e. The van der Waals surface area contributed by atoms with Crippen molar-refractivity contribution < 1.29 is 23.8 Å². The van der Waals surface area contributed by atoms with Crippen molar-refractivity contribution in [1.29, 1.82) is 0 Å². The molecule has 0 aliphatic carbocycles.